The van der Waals surface area contributed by atoms with Crippen molar-refractivity contribution in [2.75, 3.05) is 20.1 Å². The maximum absolute atomic E-state index is 11.9. The number of aromatic nitrogens is 1. The molecular weight excluding hydrogens is 373 g/mol. The summed E-state index contributed by atoms with van der Waals surface area (Å²) in [5.41, 5.74) is 1.45. The number of hydrogen-bond acceptors (Lipinski definition) is 3. The first-order chi connectivity index (χ1) is 12.5. The molecule has 2 rings (SSSR count). The molecule has 0 aliphatic rings. The molecular formula is C18H21Cl2N5O. The number of rotatable bonds is 6. The summed E-state index contributed by atoms with van der Waals surface area (Å²) >= 11 is 12.2. The van der Waals surface area contributed by atoms with Gasteiger partial charge in [0.15, 0.2) is 5.96 Å². The lowest BCUT2D eigenvalue weighted by atomic mass is 10.1. The number of carbonyl (C=O) groups excluding carboxylic acids is 1. The fourth-order valence-electron chi connectivity index (χ4n) is 2.29. The zero-order valence-electron chi connectivity index (χ0n) is 14.6. The molecule has 0 radical (unpaired) electrons. The number of halogens is 2. The van der Waals surface area contributed by atoms with Crippen LogP contribution in [0.4, 0.5) is 0 Å². The zero-order valence-corrected chi connectivity index (χ0v) is 16.1. The van der Waals surface area contributed by atoms with Crippen LogP contribution in [-0.4, -0.2) is 37.0 Å². The van der Waals surface area contributed by atoms with Crippen molar-refractivity contribution >= 4 is 35.1 Å². The third-order valence-corrected chi connectivity index (χ3v) is 4.19. The van der Waals surface area contributed by atoms with Gasteiger partial charge in [-0.15, -0.1) is 0 Å². The predicted octanol–water partition coefficient (Wildman–Crippen LogP) is 3.04. The van der Waals surface area contributed by atoms with Crippen LogP contribution in [-0.2, 0) is 0 Å². The maximum Gasteiger partial charge on any atom is 0.252 e. The second kappa shape index (κ2) is 9.99. The number of hydrogen-bond donors (Lipinski definition) is 3. The van der Waals surface area contributed by atoms with Gasteiger partial charge in [-0.2, -0.15) is 0 Å². The fraction of sp³-hybridized carbons (Fsp3) is 0.278. The molecule has 0 saturated heterocycles. The first-order valence-electron chi connectivity index (χ1n) is 8.11. The van der Waals surface area contributed by atoms with Crippen molar-refractivity contribution in [3.05, 3.63) is 63.9 Å². The van der Waals surface area contributed by atoms with E-state index in [9.17, 15) is 4.79 Å². The lowest BCUT2D eigenvalue weighted by Crippen LogP contribution is -2.42. The van der Waals surface area contributed by atoms with E-state index < -0.39 is 0 Å². The molecule has 2 aromatic rings. The molecule has 1 amide bonds. The topological polar surface area (TPSA) is 78.4 Å². The Hall–Kier alpha value is -2.31. The van der Waals surface area contributed by atoms with E-state index in [1.54, 1.807) is 37.5 Å². The summed E-state index contributed by atoms with van der Waals surface area (Å²) < 4.78 is 0. The van der Waals surface area contributed by atoms with Gasteiger partial charge in [-0.3, -0.25) is 14.8 Å². The molecule has 1 heterocycles. The molecule has 1 aromatic heterocycles. The molecule has 0 bridgehead atoms. The van der Waals surface area contributed by atoms with E-state index in [1.165, 1.54) is 6.20 Å². The van der Waals surface area contributed by atoms with Crippen LogP contribution >= 0.6 is 23.2 Å². The predicted molar refractivity (Wildman–Crippen MR) is 106 cm³/mol. The second-order valence-corrected chi connectivity index (χ2v) is 6.37. The van der Waals surface area contributed by atoms with Crippen molar-refractivity contribution in [3.63, 3.8) is 0 Å². The highest BCUT2D eigenvalue weighted by atomic mass is 35.5. The summed E-state index contributed by atoms with van der Waals surface area (Å²) in [6.07, 6.45) is 3.16. The standard InChI is InChI=1S/C18H21Cl2N5O/c1-12(15-6-5-14(19)10-16(15)20)25-18(21-2)24-9-8-23-17(26)13-4-3-7-22-11-13/h3-7,10-12H,8-9H2,1-2H3,(H,23,26)(H2,21,24,25). The van der Waals surface area contributed by atoms with Crippen LogP contribution in [0.25, 0.3) is 0 Å². The Morgan fingerprint density at radius 1 is 1.23 bits per heavy atom. The highest BCUT2D eigenvalue weighted by Gasteiger charge is 2.12. The number of guanidine groups is 1. The molecule has 1 atom stereocenters. The number of benzene rings is 1. The van der Waals surface area contributed by atoms with Crippen molar-refractivity contribution in [3.8, 4) is 0 Å². The van der Waals surface area contributed by atoms with Gasteiger partial charge in [0.25, 0.3) is 5.91 Å². The molecule has 138 valence electrons. The van der Waals surface area contributed by atoms with Crippen molar-refractivity contribution in [2.45, 2.75) is 13.0 Å². The van der Waals surface area contributed by atoms with E-state index in [-0.39, 0.29) is 11.9 Å². The Bertz CT molecular complexity index is 767. The van der Waals surface area contributed by atoms with Gasteiger partial charge >= 0.3 is 0 Å². The molecule has 0 spiro atoms. The van der Waals surface area contributed by atoms with E-state index in [0.29, 0.717) is 34.7 Å². The van der Waals surface area contributed by atoms with Crippen LogP contribution in [0.15, 0.2) is 47.7 Å². The number of amides is 1. The van der Waals surface area contributed by atoms with Crippen LogP contribution in [0.1, 0.15) is 28.9 Å². The monoisotopic (exact) mass is 393 g/mol. The Kier molecular flexibility index (Phi) is 7.69. The number of aliphatic imine (C=N–C) groups is 1. The summed E-state index contributed by atoms with van der Waals surface area (Å²) in [6, 6.07) is 8.77. The minimum atomic E-state index is -0.163. The van der Waals surface area contributed by atoms with Crippen LogP contribution < -0.4 is 16.0 Å². The summed E-state index contributed by atoms with van der Waals surface area (Å²) in [6.45, 7) is 2.95. The number of nitrogens with one attached hydrogen (secondary N) is 3. The van der Waals surface area contributed by atoms with Gasteiger partial charge in [0.1, 0.15) is 0 Å². The molecule has 1 unspecified atom stereocenters. The zero-order chi connectivity index (χ0) is 18.9. The lowest BCUT2D eigenvalue weighted by molar-refractivity contribution is 0.0954. The van der Waals surface area contributed by atoms with E-state index in [2.05, 4.69) is 25.9 Å². The van der Waals surface area contributed by atoms with Crippen LogP contribution in [0, 0.1) is 0 Å². The number of pyridine rings is 1. The highest BCUT2D eigenvalue weighted by molar-refractivity contribution is 6.35. The summed E-state index contributed by atoms with van der Waals surface area (Å²) in [5.74, 6) is 0.448. The molecule has 0 fully saturated rings. The molecule has 3 N–H and O–H groups in total. The SMILES string of the molecule is CN=C(NCCNC(=O)c1cccnc1)NC(C)c1ccc(Cl)cc1Cl. The summed E-state index contributed by atoms with van der Waals surface area (Å²) in [4.78, 5) is 20.0. The summed E-state index contributed by atoms with van der Waals surface area (Å²) in [7, 11) is 1.68. The van der Waals surface area contributed by atoms with E-state index in [0.717, 1.165) is 5.56 Å². The smallest absolute Gasteiger partial charge is 0.252 e. The van der Waals surface area contributed by atoms with Gasteiger partial charge in [0, 0.05) is 42.6 Å². The van der Waals surface area contributed by atoms with E-state index >= 15 is 0 Å². The quantitative estimate of drug-likeness (QED) is 0.400. The summed E-state index contributed by atoms with van der Waals surface area (Å²) in [5, 5.41) is 10.4. The van der Waals surface area contributed by atoms with Crippen LogP contribution in [0.5, 0.6) is 0 Å². The average Bonchev–Trinajstić information content (AvgIpc) is 2.64. The second-order valence-electron chi connectivity index (χ2n) is 5.53. The highest BCUT2D eigenvalue weighted by Crippen LogP contribution is 2.25. The molecule has 6 nitrogen and oxygen atoms in total. The van der Waals surface area contributed by atoms with Gasteiger partial charge < -0.3 is 16.0 Å². The minimum Gasteiger partial charge on any atom is -0.355 e. The van der Waals surface area contributed by atoms with Crippen molar-refractivity contribution in [1.82, 2.24) is 20.9 Å². The number of carbonyl (C=O) groups is 1. The van der Waals surface area contributed by atoms with Crippen LogP contribution in [0.3, 0.4) is 0 Å². The molecule has 0 aliphatic carbocycles. The molecule has 0 aliphatic heterocycles. The third kappa shape index (κ3) is 5.89. The molecule has 0 saturated carbocycles. The van der Waals surface area contributed by atoms with E-state index in [1.807, 2.05) is 13.0 Å². The normalized spacial score (nSPS) is 12.4. The van der Waals surface area contributed by atoms with Crippen molar-refractivity contribution in [1.29, 1.82) is 0 Å². The lowest BCUT2D eigenvalue weighted by Gasteiger charge is -2.19. The average molecular weight is 394 g/mol. The minimum absolute atomic E-state index is 0.0593. The van der Waals surface area contributed by atoms with Gasteiger partial charge in [-0.1, -0.05) is 29.3 Å². The number of nitrogens with zero attached hydrogens (tertiary/aromatic N) is 2. The Morgan fingerprint density at radius 2 is 2.00 bits per heavy atom. The molecule has 8 heteroatoms. The van der Waals surface area contributed by atoms with E-state index in [4.69, 9.17) is 23.2 Å². The Balaban J connectivity index is 1.79. The van der Waals surface area contributed by atoms with Gasteiger partial charge in [-0.25, -0.2) is 0 Å². The molecule has 26 heavy (non-hydrogen) atoms. The third-order valence-electron chi connectivity index (χ3n) is 3.63. The molecule has 1 aromatic carbocycles. The largest absolute Gasteiger partial charge is 0.355 e. The first kappa shape index (κ1) is 20.0. The van der Waals surface area contributed by atoms with Gasteiger partial charge in [0.05, 0.1) is 11.6 Å². The van der Waals surface area contributed by atoms with Crippen molar-refractivity contribution < 1.29 is 4.79 Å². The van der Waals surface area contributed by atoms with Crippen LogP contribution in [0.2, 0.25) is 10.0 Å². The first-order valence-corrected chi connectivity index (χ1v) is 8.87. The maximum atomic E-state index is 11.9. The van der Waals surface area contributed by atoms with Gasteiger partial charge in [-0.05, 0) is 36.8 Å². The fourth-order valence-corrected chi connectivity index (χ4v) is 2.86. The Labute approximate surface area is 163 Å². The van der Waals surface area contributed by atoms with Crippen molar-refractivity contribution in [2.24, 2.45) is 4.99 Å². The van der Waals surface area contributed by atoms with Gasteiger partial charge in [0.2, 0.25) is 0 Å². The Morgan fingerprint density at radius 3 is 2.65 bits per heavy atom.